The highest BCUT2D eigenvalue weighted by Gasteiger charge is 2.28. The molecular formula is C15H31N9O. The predicted octanol–water partition coefficient (Wildman–Crippen LogP) is -1.07. The lowest BCUT2D eigenvalue weighted by Gasteiger charge is -2.27. The maximum absolute atomic E-state index is 9.84. The summed E-state index contributed by atoms with van der Waals surface area (Å²) in [5, 5.41) is 14.5. The number of aliphatic hydroxyl groups is 1. The van der Waals surface area contributed by atoms with E-state index in [0.29, 0.717) is 49.2 Å². The van der Waals surface area contributed by atoms with E-state index in [1.165, 1.54) is 5.01 Å². The first kappa shape index (κ1) is 19.6. The number of hydrazine groups is 2. The van der Waals surface area contributed by atoms with E-state index in [1.807, 2.05) is 25.7 Å². The van der Waals surface area contributed by atoms with Crippen LogP contribution in [0, 0.1) is 0 Å². The SMILES string of the molecule is CN(N)C(CNc1nc(C(C)(C)C)nc(N2CCC(O)C2)c1N)NN. The normalized spacial score (nSPS) is 19.5. The monoisotopic (exact) mass is 353 g/mol. The average Bonchev–Trinajstić information content (AvgIpc) is 2.94. The van der Waals surface area contributed by atoms with Crippen molar-refractivity contribution in [2.24, 2.45) is 11.7 Å². The molecule has 1 aliphatic rings. The second kappa shape index (κ2) is 7.67. The Labute approximate surface area is 148 Å². The number of nitrogens with one attached hydrogen (secondary N) is 2. The molecule has 1 aromatic heterocycles. The van der Waals surface area contributed by atoms with Crippen LogP contribution in [0.5, 0.6) is 0 Å². The van der Waals surface area contributed by atoms with E-state index in [2.05, 4.69) is 20.7 Å². The third-order valence-electron chi connectivity index (χ3n) is 4.21. The zero-order valence-electron chi connectivity index (χ0n) is 15.5. The highest BCUT2D eigenvalue weighted by molar-refractivity contribution is 5.75. The van der Waals surface area contributed by atoms with Gasteiger partial charge in [-0.1, -0.05) is 20.8 Å². The molecule has 0 radical (unpaired) electrons. The van der Waals surface area contributed by atoms with E-state index < -0.39 is 0 Å². The van der Waals surface area contributed by atoms with Crippen LogP contribution in [0.15, 0.2) is 0 Å². The molecule has 1 aromatic rings. The minimum Gasteiger partial charge on any atom is -0.393 e. The fraction of sp³-hybridized carbons (Fsp3) is 0.733. The number of β-amino-alcohol motifs (C(OH)–C–C–N with tert-alkyl or cyclic N) is 1. The summed E-state index contributed by atoms with van der Waals surface area (Å²) in [5.74, 6) is 13.1. The molecule has 1 aliphatic heterocycles. The molecule has 0 saturated carbocycles. The van der Waals surface area contributed by atoms with Gasteiger partial charge in [-0.25, -0.2) is 20.4 Å². The third kappa shape index (κ3) is 4.67. The summed E-state index contributed by atoms with van der Waals surface area (Å²) in [6.45, 7) is 7.78. The molecule has 0 bridgehead atoms. The summed E-state index contributed by atoms with van der Waals surface area (Å²) in [4.78, 5) is 11.3. The molecule has 142 valence electrons. The lowest BCUT2D eigenvalue weighted by molar-refractivity contribution is 0.198. The summed E-state index contributed by atoms with van der Waals surface area (Å²) >= 11 is 0. The summed E-state index contributed by atoms with van der Waals surface area (Å²) in [5.41, 5.74) is 9.15. The van der Waals surface area contributed by atoms with Gasteiger partial charge in [0.25, 0.3) is 0 Å². The molecule has 2 heterocycles. The molecule has 1 fully saturated rings. The number of rotatable bonds is 6. The molecule has 0 aliphatic carbocycles. The molecule has 2 unspecified atom stereocenters. The van der Waals surface area contributed by atoms with Crippen molar-refractivity contribution in [1.82, 2.24) is 20.4 Å². The van der Waals surface area contributed by atoms with Crippen molar-refractivity contribution in [2.45, 2.75) is 44.9 Å². The van der Waals surface area contributed by atoms with Gasteiger partial charge in [0.1, 0.15) is 17.7 Å². The fourth-order valence-corrected chi connectivity index (χ4v) is 2.62. The molecule has 0 amide bonds. The zero-order chi connectivity index (χ0) is 18.8. The number of anilines is 3. The number of aliphatic hydroxyl groups excluding tert-OH is 1. The van der Waals surface area contributed by atoms with Gasteiger partial charge in [0, 0.05) is 32.1 Å². The highest BCUT2D eigenvalue weighted by Crippen LogP contribution is 2.32. The molecule has 10 nitrogen and oxygen atoms in total. The van der Waals surface area contributed by atoms with E-state index in [4.69, 9.17) is 17.4 Å². The van der Waals surface area contributed by atoms with Crippen LogP contribution in [0.4, 0.5) is 17.3 Å². The second-order valence-electron chi connectivity index (χ2n) is 7.50. The molecule has 2 atom stereocenters. The van der Waals surface area contributed by atoms with Crippen LogP contribution in [0.3, 0.4) is 0 Å². The van der Waals surface area contributed by atoms with Crippen molar-refractivity contribution in [1.29, 1.82) is 0 Å². The Morgan fingerprint density at radius 1 is 1.40 bits per heavy atom. The molecule has 2 rings (SSSR count). The van der Waals surface area contributed by atoms with Gasteiger partial charge >= 0.3 is 0 Å². The smallest absolute Gasteiger partial charge is 0.157 e. The molecule has 10 heteroatoms. The highest BCUT2D eigenvalue weighted by atomic mass is 16.3. The van der Waals surface area contributed by atoms with Gasteiger partial charge < -0.3 is 21.1 Å². The fourth-order valence-electron chi connectivity index (χ4n) is 2.62. The lowest BCUT2D eigenvalue weighted by atomic mass is 9.95. The predicted molar refractivity (Wildman–Crippen MR) is 99.5 cm³/mol. The van der Waals surface area contributed by atoms with Crippen LogP contribution in [0.25, 0.3) is 0 Å². The van der Waals surface area contributed by atoms with Gasteiger partial charge in [0.05, 0.1) is 6.10 Å². The van der Waals surface area contributed by atoms with E-state index in [9.17, 15) is 5.11 Å². The summed E-state index contributed by atoms with van der Waals surface area (Å²) in [6, 6.07) is 0. The maximum atomic E-state index is 9.84. The number of likely N-dealkylation sites (N-methyl/N-ethyl adjacent to an activating group) is 1. The van der Waals surface area contributed by atoms with Crippen LogP contribution in [0.1, 0.15) is 33.0 Å². The Morgan fingerprint density at radius 2 is 2.08 bits per heavy atom. The van der Waals surface area contributed by atoms with Crippen LogP contribution in [0.2, 0.25) is 0 Å². The quantitative estimate of drug-likeness (QED) is 0.212. The number of nitrogens with two attached hydrogens (primary N) is 3. The minimum absolute atomic E-state index is 0.243. The van der Waals surface area contributed by atoms with Gasteiger partial charge in [-0.3, -0.25) is 11.7 Å². The number of hydrogen-bond acceptors (Lipinski definition) is 10. The first-order valence-corrected chi connectivity index (χ1v) is 8.42. The Kier molecular flexibility index (Phi) is 6.01. The van der Waals surface area contributed by atoms with E-state index >= 15 is 0 Å². The van der Waals surface area contributed by atoms with Crippen molar-refractivity contribution < 1.29 is 5.11 Å². The maximum Gasteiger partial charge on any atom is 0.157 e. The summed E-state index contributed by atoms with van der Waals surface area (Å²) in [6.07, 6.45) is 0.0545. The van der Waals surface area contributed by atoms with Gasteiger partial charge in [0.15, 0.2) is 11.6 Å². The molecule has 0 spiro atoms. The standard InChI is InChI=1S/C15H31N9O/c1-15(2,3)14-20-12(19-7-10(22-17)23(4)18)11(16)13(21-14)24-6-5-9(25)8-24/h9-10,22,25H,5-8,16-18H2,1-4H3,(H,19,20,21). The average molecular weight is 353 g/mol. The minimum atomic E-state index is -0.361. The number of nitrogens with zero attached hydrogens (tertiary/aromatic N) is 4. The zero-order valence-corrected chi connectivity index (χ0v) is 15.5. The molecule has 25 heavy (non-hydrogen) atoms. The van der Waals surface area contributed by atoms with Crippen molar-refractivity contribution in [3.05, 3.63) is 5.82 Å². The third-order valence-corrected chi connectivity index (χ3v) is 4.21. The van der Waals surface area contributed by atoms with E-state index in [1.54, 1.807) is 7.05 Å². The second-order valence-corrected chi connectivity index (χ2v) is 7.50. The first-order chi connectivity index (χ1) is 11.6. The summed E-state index contributed by atoms with van der Waals surface area (Å²) in [7, 11) is 1.72. The number of aromatic nitrogens is 2. The van der Waals surface area contributed by atoms with Crippen molar-refractivity contribution in [3.63, 3.8) is 0 Å². The number of nitrogen functional groups attached to an aromatic ring is 1. The van der Waals surface area contributed by atoms with Crippen molar-refractivity contribution in [2.75, 3.05) is 42.6 Å². The van der Waals surface area contributed by atoms with E-state index in [0.717, 1.165) is 0 Å². The van der Waals surface area contributed by atoms with Gasteiger partial charge in [-0.05, 0) is 6.42 Å². The van der Waals surface area contributed by atoms with Crippen LogP contribution >= 0.6 is 0 Å². The van der Waals surface area contributed by atoms with Crippen LogP contribution < -0.4 is 33.1 Å². The largest absolute Gasteiger partial charge is 0.393 e. The number of hydrogen-bond donors (Lipinski definition) is 6. The molecule has 1 saturated heterocycles. The molecule has 0 aromatic carbocycles. The Balaban J connectivity index is 2.34. The van der Waals surface area contributed by atoms with Gasteiger partial charge in [0.2, 0.25) is 0 Å². The van der Waals surface area contributed by atoms with Crippen LogP contribution in [-0.2, 0) is 5.41 Å². The van der Waals surface area contributed by atoms with Crippen molar-refractivity contribution in [3.8, 4) is 0 Å². The summed E-state index contributed by atoms with van der Waals surface area (Å²) < 4.78 is 0. The van der Waals surface area contributed by atoms with Crippen LogP contribution in [-0.4, -0.2) is 59.0 Å². The Hall–Kier alpha value is -1.72. The van der Waals surface area contributed by atoms with Gasteiger partial charge in [-0.2, -0.15) is 0 Å². The van der Waals surface area contributed by atoms with Gasteiger partial charge in [-0.15, -0.1) is 0 Å². The topological polar surface area (TPSA) is 155 Å². The van der Waals surface area contributed by atoms with Crippen molar-refractivity contribution >= 4 is 17.3 Å². The Morgan fingerprint density at radius 3 is 2.56 bits per heavy atom. The first-order valence-electron chi connectivity index (χ1n) is 8.42. The Bertz CT molecular complexity index is 587. The molecule has 9 N–H and O–H groups in total. The lowest BCUT2D eigenvalue weighted by Crippen LogP contribution is -2.54. The van der Waals surface area contributed by atoms with E-state index in [-0.39, 0.29) is 17.7 Å². The molecular weight excluding hydrogens is 322 g/mol.